The van der Waals surface area contributed by atoms with Crippen LogP contribution in [0.4, 0.5) is 0 Å². The number of hydrogen-bond donors (Lipinski definition) is 0. The zero-order valence-corrected chi connectivity index (χ0v) is 14.2. The summed E-state index contributed by atoms with van der Waals surface area (Å²) in [5.41, 5.74) is 0.708. The Bertz CT molecular complexity index is 490. The van der Waals surface area contributed by atoms with E-state index in [1.165, 1.54) is 0 Å². The maximum Gasteiger partial charge on any atom is 0.254 e. The summed E-state index contributed by atoms with van der Waals surface area (Å²) in [4.78, 5) is 14.3. The van der Waals surface area contributed by atoms with Crippen LogP contribution in [0.1, 0.15) is 31.1 Å². The van der Waals surface area contributed by atoms with Gasteiger partial charge in [0.25, 0.3) is 5.91 Å². The third-order valence-electron chi connectivity index (χ3n) is 3.07. The Kier molecular flexibility index (Phi) is 5.26. The minimum absolute atomic E-state index is 0.0640. The van der Waals surface area contributed by atoms with Crippen LogP contribution in [0.3, 0.4) is 0 Å². The van der Waals surface area contributed by atoms with Gasteiger partial charge in [0.1, 0.15) is 5.75 Å². The smallest absolute Gasteiger partial charge is 0.254 e. The first-order valence-corrected chi connectivity index (χ1v) is 7.92. The minimum atomic E-state index is 0.0640. The Labute approximate surface area is 133 Å². The van der Waals surface area contributed by atoms with Crippen molar-refractivity contribution in [3.63, 3.8) is 0 Å². The van der Waals surface area contributed by atoms with E-state index in [2.05, 4.69) is 22.6 Å². The fraction of sp³-hybridized carbons (Fsp3) is 0.533. The predicted octanol–water partition coefficient (Wildman–Crippen LogP) is 2.94. The standard InChI is InChI=1S/C15H20INO3/c1-10(2)20-14-5-4-12(8-13(14)16)15(18)17-6-7-19-11(3)9-17/h4-5,8,10-11H,6-7,9H2,1-3H3/t11-/m1/s1. The normalized spacial score (nSPS) is 19.2. The van der Waals surface area contributed by atoms with Crippen LogP contribution in [0, 0.1) is 3.57 Å². The van der Waals surface area contributed by atoms with Crippen molar-refractivity contribution in [2.24, 2.45) is 0 Å². The molecule has 20 heavy (non-hydrogen) atoms. The van der Waals surface area contributed by atoms with Gasteiger partial charge < -0.3 is 14.4 Å². The van der Waals surface area contributed by atoms with E-state index in [9.17, 15) is 4.79 Å². The van der Waals surface area contributed by atoms with Crippen molar-refractivity contribution in [3.8, 4) is 5.75 Å². The van der Waals surface area contributed by atoms with E-state index < -0.39 is 0 Å². The molecule has 0 aliphatic carbocycles. The molecule has 1 aliphatic heterocycles. The monoisotopic (exact) mass is 389 g/mol. The molecule has 0 N–H and O–H groups in total. The summed E-state index contributed by atoms with van der Waals surface area (Å²) in [5, 5.41) is 0. The lowest BCUT2D eigenvalue weighted by Crippen LogP contribution is -2.44. The molecule has 0 saturated carbocycles. The van der Waals surface area contributed by atoms with Gasteiger partial charge in [-0.05, 0) is 61.6 Å². The number of benzene rings is 1. The second kappa shape index (κ2) is 6.76. The van der Waals surface area contributed by atoms with Gasteiger partial charge >= 0.3 is 0 Å². The molecule has 5 heteroatoms. The number of morpholine rings is 1. The summed E-state index contributed by atoms with van der Waals surface area (Å²) in [7, 11) is 0. The maximum atomic E-state index is 12.5. The Morgan fingerprint density at radius 2 is 2.25 bits per heavy atom. The molecule has 1 atom stereocenters. The van der Waals surface area contributed by atoms with E-state index in [1.54, 1.807) is 0 Å². The SMILES string of the molecule is CC(C)Oc1ccc(C(=O)N2CCO[C@H](C)C2)cc1I. The Morgan fingerprint density at radius 1 is 1.50 bits per heavy atom. The van der Waals surface area contributed by atoms with Crippen LogP contribution in [-0.4, -0.2) is 42.7 Å². The van der Waals surface area contributed by atoms with Crippen molar-refractivity contribution in [1.29, 1.82) is 0 Å². The average molecular weight is 389 g/mol. The molecule has 0 aromatic heterocycles. The van der Waals surface area contributed by atoms with Gasteiger partial charge in [0.2, 0.25) is 0 Å². The van der Waals surface area contributed by atoms with Crippen molar-refractivity contribution < 1.29 is 14.3 Å². The highest BCUT2D eigenvalue weighted by Gasteiger charge is 2.23. The van der Waals surface area contributed by atoms with Gasteiger partial charge in [-0.1, -0.05) is 0 Å². The van der Waals surface area contributed by atoms with Crippen LogP contribution in [0.2, 0.25) is 0 Å². The molecule has 0 bridgehead atoms. The highest BCUT2D eigenvalue weighted by Crippen LogP contribution is 2.24. The molecule has 2 rings (SSSR count). The number of ether oxygens (including phenoxy) is 2. The topological polar surface area (TPSA) is 38.8 Å². The Hall–Kier alpha value is -0.820. The largest absolute Gasteiger partial charge is 0.490 e. The molecule has 1 fully saturated rings. The molecule has 110 valence electrons. The first-order valence-electron chi connectivity index (χ1n) is 6.84. The minimum Gasteiger partial charge on any atom is -0.490 e. The van der Waals surface area contributed by atoms with Gasteiger partial charge in [0.15, 0.2) is 0 Å². The predicted molar refractivity (Wildman–Crippen MR) is 86.2 cm³/mol. The zero-order valence-electron chi connectivity index (χ0n) is 12.1. The third-order valence-corrected chi connectivity index (χ3v) is 3.91. The summed E-state index contributed by atoms with van der Waals surface area (Å²) in [6.07, 6.45) is 0.237. The zero-order chi connectivity index (χ0) is 14.7. The van der Waals surface area contributed by atoms with Gasteiger partial charge in [-0.2, -0.15) is 0 Å². The van der Waals surface area contributed by atoms with Crippen LogP contribution in [0.15, 0.2) is 18.2 Å². The maximum absolute atomic E-state index is 12.5. The molecular weight excluding hydrogens is 369 g/mol. The van der Waals surface area contributed by atoms with Gasteiger partial charge in [0, 0.05) is 18.7 Å². The number of hydrogen-bond acceptors (Lipinski definition) is 3. The molecule has 1 aromatic carbocycles. The van der Waals surface area contributed by atoms with Gasteiger partial charge in [-0.15, -0.1) is 0 Å². The molecule has 1 heterocycles. The number of nitrogens with zero attached hydrogens (tertiary/aromatic N) is 1. The van der Waals surface area contributed by atoms with Crippen LogP contribution in [0.5, 0.6) is 5.75 Å². The average Bonchev–Trinajstić information content (AvgIpc) is 2.40. The van der Waals surface area contributed by atoms with Crippen LogP contribution in [0.25, 0.3) is 0 Å². The molecule has 0 radical (unpaired) electrons. The lowest BCUT2D eigenvalue weighted by atomic mass is 10.1. The molecule has 1 aliphatic rings. The van der Waals surface area contributed by atoms with E-state index in [4.69, 9.17) is 9.47 Å². The van der Waals surface area contributed by atoms with E-state index in [-0.39, 0.29) is 18.1 Å². The summed E-state index contributed by atoms with van der Waals surface area (Å²) < 4.78 is 12.1. The molecular formula is C15H20INO3. The quantitative estimate of drug-likeness (QED) is 0.747. The number of carbonyl (C=O) groups is 1. The van der Waals surface area contributed by atoms with Gasteiger partial charge in [-0.3, -0.25) is 4.79 Å². The summed E-state index contributed by atoms with van der Waals surface area (Å²) >= 11 is 2.21. The second-order valence-electron chi connectivity index (χ2n) is 5.24. The van der Waals surface area contributed by atoms with Gasteiger partial charge in [0.05, 0.1) is 22.4 Å². The molecule has 1 saturated heterocycles. The fourth-order valence-corrected chi connectivity index (χ4v) is 2.81. The molecule has 0 spiro atoms. The van der Waals surface area contributed by atoms with Gasteiger partial charge in [-0.25, -0.2) is 0 Å². The van der Waals surface area contributed by atoms with Crippen molar-refractivity contribution >= 4 is 28.5 Å². The number of halogens is 1. The number of rotatable bonds is 3. The highest BCUT2D eigenvalue weighted by atomic mass is 127. The van der Waals surface area contributed by atoms with Crippen molar-refractivity contribution in [1.82, 2.24) is 4.90 Å². The first kappa shape index (κ1) is 15.6. The molecule has 4 nitrogen and oxygen atoms in total. The van der Waals surface area contributed by atoms with Crippen LogP contribution < -0.4 is 4.74 Å². The molecule has 0 unspecified atom stereocenters. The first-order chi connectivity index (χ1) is 9.47. The summed E-state index contributed by atoms with van der Waals surface area (Å²) in [6, 6.07) is 5.60. The van der Waals surface area contributed by atoms with Crippen molar-refractivity contribution in [3.05, 3.63) is 27.3 Å². The van der Waals surface area contributed by atoms with E-state index in [0.29, 0.717) is 25.3 Å². The van der Waals surface area contributed by atoms with Crippen molar-refractivity contribution in [2.75, 3.05) is 19.7 Å². The van der Waals surface area contributed by atoms with E-state index in [0.717, 1.165) is 9.32 Å². The molecule has 1 amide bonds. The Morgan fingerprint density at radius 3 is 2.85 bits per heavy atom. The third kappa shape index (κ3) is 3.85. The second-order valence-corrected chi connectivity index (χ2v) is 6.41. The molecule has 1 aromatic rings. The van der Waals surface area contributed by atoms with E-state index >= 15 is 0 Å². The van der Waals surface area contributed by atoms with Crippen LogP contribution in [-0.2, 0) is 4.74 Å². The number of carbonyl (C=O) groups excluding carboxylic acids is 1. The Balaban J connectivity index is 2.12. The van der Waals surface area contributed by atoms with E-state index in [1.807, 2.05) is 43.9 Å². The summed E-state index contributed by atoms with van der Waals surface area (Å²) in [6.45, 7) is 7.89. The van der Waals surface area contributed by atoms with Crippen LogP contribution >= 0.6 is 22.6 Å². The number of amides is 1. The highest BCUT2D eigenvalue weighted by molar-refractivity contribution is 14.1. The van der Waals surface area contributed by atoms with Crippen molar-refractivity contribution in [2.45, 2.75) is 33.0 Å². The lowest BCUT2D eigenvalue weighted by Gasteiger charge is -2.31. The summed E-state index contributed by atoms with van der Waals surface area (Å²) in [5.74, 6) is 0.890. The lowest BCUT2D eigenvalue weighted by molar-refractivity contribution is -0.0124. The fourth-order valence-electron chi connectivity index (χ4n) is 2.17.